The first-order chi connectivity index (χ1) is 9.38. The fourth-order valence-corrected chi connectivity index (χ4v) is 4.69. The topological polar surface area (TPSA) is 6.48 Å². The lowest BCUT2D eigenvalue weighted by atomic mass is 9.92. The van der Waals surface area contributed by atoms with E-state index in [-0.39, 0.29) is 0 Å². The fourth-order valence-electron chi connectivity index (χ4n) is 4.69. The van der Waals surface area contributed by atoms with Crippen LogP contribution in [-0.2, 0) is 0 Å². The van der Waals surface area contributed by atoms with E-state index in [0.717, 1.165) is 18.1 Å². The lowest BCUT2D eigenvalue weighted by molar-refractivity contribution is 0.0104. The largest absolute Gasteiger partial charge is 0.298 e. The second-order valence-electron chi connectivity index (χ2n) is 7.05. The van der Waals surface area contributed by atoms with Crippen molar-refractivity contribution >= 4 is 0 Å². The Kier molecular flexibility index (Phi) is 4.81. The summed E-state index contributed by atoms with van der Waals surface area (Å²) < 4.78 is 0. The van der Waals surface area contributed by atoms with Crippen molar-refractivity contribution in [2.75, 3.05) is 19.6 Å². The fraction of sp³-hybridized carbons (Fsp3) is 1.00. The predicted octanol–water partition coefficient (Wildman–Crippen LogP) is 3.66. The minimum absolute atomic E-state index is 0.846. The van der Waals surface area contributed by atoms with Crippen LogP contribution >= 0.6 is 0 Å². The van der Waals surface area contributed by atoms with E-state index in [2.05, 4.69) is 16.7 Å². The van der Waals surface area contributed by atoms with Crippen LogP contribution in [0, 0.1) is 0 Å². The molecular weight excluding hydrogens is 232 g/mol. The molecule has 1 saturated carbocycles. The van der Waals surface area contributed by atoms with E-state index in [4.69, 9.17) is 0 Å². The van der Waals surface area contributed by atoms with Gasteiger partial charge in [-0.3, -0.25) is 9.80 Å². The Hall–Kier alpha value is -0.0800. The van der Waals surface area contributed by atoms with E-state index in [1.54, 1.807) is 0 Å². The lowest BCUT2D eigenvalue weighted by Gasteiger charge is -2.47. The van der Waals surface area contributed by atoms with Gasteiger partial charge < -0.3 is 0 Å². The molecule has 0 aromatic heterocycles. The molecule has 2 nitrogen and oxygen atoms in total. The molecule has 0 amide bonds. The van der Waals surface area contributed by atoms with Gasteiger partial charge in [-0.05, 0) is 38.6 Å². The molecule has 1 aliphatic carbocycles. The van der Waals surface area contributed by atoms with Crippen LogP contribution in [0.1, 0.15) is 71.1 Å². The van der Waals surface area contributed by atoms with Gasteiger partial charge >= 0.3 is 0 Å². The van der Waals surface area contributed by atoms with Gasteiger partial charge in [0.05, 0.1) is 0 Å². The molecule has 3 aliphatic rings. The normalized spacial score (nSPS) is 35.8. The van der Waals surface area contributed by atoms with Gasteiger partial charge in [-0.15, -0.1) is 0 Å². The molecule has 0 N–H and O–H groups in total. The van der Waals surface area contributed by atoms with Gasteiger partial charge in [0, 0.05) is 31.2 Å². The summed E-state index contributed by atoms with van der Waals surface area (Å²) in [6.45, 7) is 6.51. The zero-order valence-electron chi connectivity index (χ0n) is 12.8. The van der Waals surface area contributed by atoms with Crippen molar-refractivity contribution in [2.24, 2.45) is 0 Å². The van der Waals surface area contributed by atoms with Crippen LogP contribution in [0.2, 0.25) is 0 Å². The zero-order chi connectivity index (χ0) is 13.1. The lowest BCUT2D eigenvalue weighted by Crippen LogP contribution is -2.58. The van der Waals surface area contributed by atoms with Crippen LogP contribution in [0.15, 0.2) is 0 Å². The maximum Gasteiger partial charge on any atom is 0.0224 e. The second kappa shape index (κ2) is 6.58. The Morgan fingerprint density at radius 2 is 1.47 bits per heavy atom. The molecule has 3 rings (SSSR count). The minimum Gasteiger partial charge on any atom is -0.298 e. The van der Waals surface area contributed by atoms with Gasteiger partial charge in [-0.25, -0.2) is 0 Å². The summed E-state index contributed by atoms with van der Waals surface area (Å²) in [5.74, 6) is 0. The SMILES string of the molecule is CCC1CN2CCCC2CN1C1CCCCCCC1. The van der Waals surface area contributed by atoms with Crippen molar-refractivity contribution < 1.29 is 0 Å². The van der Waals surface area contributed by atoms with Crippen molar-refractivity contribution in [3.63, 3.8) is 0 Å². The van der Waals surface area contributed by atoms with Gasteiger partial charge in [0.2, 0.25) is 0 Å². The highest BCUT2D eigenvalue weighted by molar-refractivity contribution is 4.94. The number of rotatable bonds is 2. The maximum absolute atomic E-state index is 2.94. The van der Waals surface area contributed by atoms with E-state index < -0.39 is 0 Å². The summed E-state index contributed by atoms with van der Waals surface area (Å²) in [6, 6.07) is 2.65. The van der Waals surface area contributed by atoms with Gasteiger partial charge in [-0.2, -0.15) is 0 Å². The standard InChI is InChI=1S/C17H32N2/c1-2-15-13-18-12-8-11-17(18)14-19(15)16-9-6-4-3-5-7-10-16/h15-17H,2-14H2,1H3. The van der Waals surface area contributed by atoms with Crippen molar-refractivity contribution in [3.05, 3.63) is 0 Å². The molecule has 2 heteroatoms. The molecular formula is C17H32N2. The van der Waals surface area contributed by atoms with E-state index in [1.165, 1.54) is 83.8 Å². The van der Waals surface area contributed by atoms with E-state index in [9.17, 15) is 0 Å². The van der Waals surface area contributed by atoms with Crippen LogP contribution in [0.25, 0.3) is 0 Å². The number of fused-ring (bicyclic) bond motifs is 1. The molecule has 2 saturated heterocycles. The van der Waals surface area contributed by atoms with Crippen molar-refractivity contribution in [1.29, 1.82) is 0 Å². The average Bonchev–Trinajstić information content (AvgIpc) is 2.84. The minimum atomic E-state index is 0.846. The Bertz CT molecular complexity index is 270. The molecule has 2 aliphatic heterocycles. The number of piperazine rings is 1. The van der Waals surface area contributed by atoms with Crippen molar-refractivity contribution in [3.8, 4) is 0 Å². The predicted molar refractivity (Wildman–Crippen MR) is 81.5 cm³/mol. The molecule has 0 aromatic carbocycles. The van der Waals surface area contributed by atoms with Crippen molar-refractivity contribution in [2.45, 2.75) is 89.3 Å². The average molecular weight is 264 g/mol. The maximum atomic E-state index is 2.94. The number of hydrogen-bond acceptors (Lipinski definition) is 2. The first-order valence-corrected chi connectivity index (χ1v) is 8.88. The third-order valence-electron chi connectivity index (χ3n) is 5.85. The first kappa shape index (κ1) is 13.9. The second-order valence-corrected chi connectivity index (χ2v) is 7.05. The summed E-state index contributed by atoms with van der Waals surface area (Å²) >= 11 is 0. The Labute approximate surface area is 119 Å². The number of hydrogen-bond donors (Lipinski definition) is 0. The molecule has 0 aromatic rings. The van der Waals surface area contributed by atoms with Crippen LogP contribution in [0.3, 0.4) is 0 Å². The molecule has 3 fully saturated rings. The molecule has 2 heterocycles. The van der Waals surface area contributed by atoms with E-state index in [0.29, 0.717) is 0 Å². The number of nitrogens with zero attached hydrogens (tertiary/aromatic N) is 2. The summed E-state index contributed by atoms with van der Waals surface area (Å²) in [5.41, 5.74) is 0. The van der Waals surface area contributed by atoms with Crippen LogP contribution < -0.4 is 0 Å². The molecule has 0 spiro atoms. The zero-order valence-corrected chi connectivity index (χ0v) is 12.8. The monoisotopic (exact) mass is 264 g/mol. The molecule has 19 heavy (non-hydrogen) atoms. The quantitative estimate of drug-likeness (QED) is 0.751. The Balaban J connectivity index is 1.65. The van der Waals surface area contributed by atoms with Crippen LogP contribution in [-0.4, -0.2) is 47.6 Å². The van der Waals surface area contributed by atoms with Gasteiger partial charge in [0.1, 0.15) is 0 Å². The Morgan fingerprint density at radius 1 is 0.789 bits per heavy atom. The van der Waals surface area contributed by atoms with Gasteiger partial charge in [-0.1, -0.05) is 39.0 Å². The van der Waals surface area contributed by atoms with Gasteiger partial charge in [0.25, 0.3) is 0 Å². The molecule has 2 unspecified atom stereocenters. The van der Waals surface area contributed by atoms with E-state index in [1.807, 2.05) is 0 Å². The van der Waals surface area contributed by atoms with E-state index >= 15 is 0 Å². The summed E-state index contributed by atoms with van der Waals surface area (Å²) in [7, 11) is 0. The molecule has 0 bridgehead atoms. The van der Waals surface area contributed by atoms with Crippen LogP contribution in [0.4, 0.5) is 0 Å². The van der Waals surface area contributed by atoms with Gasteiger partial charge in [0.15, 0.2) is 0 Å². The highest BCUT2D eigenvalue weighted by Gasteiger charge is 2.38. The summed E-state index contributed by atoms with van der Waals surface area (Å²) in [6.07, 6.45) is 14.6. The summed E-state index contributed by atoms with van der Waals surface area (Å²) in [5, 5.41) is 0. The first-order valence-electron chi connectivity index (χ1n) is 8.88. The highest BCUT2D eigenvalue weighted by atomic mass is 15.3. The molecule has 2 atom stereocenters. The van der Waals surface area contributed by atoms with Crippen molar-refractivity contribution in [1.82, 2.24) is 9.80 Å². The molecule has 0 radical (unpaired) electrons. The van der Waals surface area contributed by atoms with Crippen LogP contribution in [0.5, 0.6) is 0 Å². The summed E-state index contributed by atoms with van der Waals surface area (Å²) in [4.78, 5) is 5.73. The smallest absolute Gasteiger partial charge is 0.0224 e. The third kappa shape index (κ3) is 3.16. The highest BCUT2D eigenvalue weighted by Crippen LogP contribution is 2.31. The Morgan fingerprint density at radius 3 is 2.21 bits per heavy atom. The molecule has 110 valence electrons. The third-order valence-corrected chi connectivity index (χ3v) is 5.85.